The number of methoxy groups -OCH3 is 1. The summed E-state index contributed by atoms with van der Waals surface area (Å²) in [6, 6.07) is 16.2. The van der Waals surface area contributed by atoms with Gasteiger partial charge in [-0.15, -0.1) is 0 Å². The molecule has 20 heavy (non-hydrogen) atoms. The van der Waals surface area contributed by atoms with Gasteiger partial charge in [-0.2, -0.15) is 0 Å². The van der Waals surface area contributed by atoms with E-state index in [9.17, 15) is 0 Å². The number of halogens is 1. The largest absolute Gasteiger partial charge is 0.496 e. The average Bonchev–Trinajstić information content (AvgIpc) is 2.46. The molecule has 0 fully saturated rings. The van der Waals surface area contributed by atoms with Crippen LogP contribution in [0, 0.1) is 0 Å². The summed E-state index contributed by atoms with van der Waals surface area (Å²) in [5.74, 6) is 0.851. The number of ether oxygens (including phenoxy) is 1. The van der Waals surface area contributed by atoms with E-state index in [0.29, 0.717) is 0 Å². The molecule has 106 valence electrons. The predicted octanol–water partition coefficient (Wildman–Crippen LogP) is 3.85. The Morgan fingerprint density at radius 1 is 1.15 bits per heavy atom. The van der Waals surface area contributed by atoms with Gasteiger partial charge in [0.1, 0.15) is 5.75 Å². The van der Waals surface area contributed by atoms with E-state index in [2.05, 4.69) is 24.3 Å². The summed E-state index contributed by atoms with van der Waals surface area (Å²) in [4.78, 5) is 0. The first-order chi connectivity index (χ1) is 9.69. The molecule has 2 nitrogen and oxygen atoms in total. The molecule has 0 saturated carbocycles. The molecule has 1 atom stereocenters. The fourth-order valence-corrected chi connectivity index (χ4v) is 2.48. The van der Waals surface area contributed by atoms with Gasteiger partial charge in [0.05, 0.1) is 7.11 Å². The Morgan fingerprint density at radius 3 is 2.60 bits per heavy atom. The van der Waals surface area contributed by atoms with Crippen molar-refractivity contribution in [2.24, 2.45) is 5.73 Å². The van der Waals surface area contributed by atoms with Crippen LogP contribution in [-0.2, 0) is 12.8 Å². The van der Waals surface area contributed by atoms with Crippen LogP contribution in [0.1, 0.15) is 17.5 Å². The van der Waals surface area contributed by atoms with Crippen molar-refractivity contribution in [3.05, 3.63) is 64.7 Å². The minimum atomic E-state index is 0.0996. The van der Waals surface area contributed by atoms with Crippen LogP contribution in [0.25, 0.3) is 0 Å². The first-order valence-corrected chi connectivity index (χ1v) is 7.18. The van der Waals surface area contributed by atoms with Crippen LogP contribution in [0.3, 0.4) is 0 Å². The molecule has 0 saturated heterocycles. The number of benzene rings is 2. The third-order valence-corrected chi connectivity index (χ3v) is 3.61. The van der Waals surface area contributed by atoms with Gasteiger partial charge in [0, 0.05) is 11.1 Å². The molecule has 0 amide bonds. The minimum Gasteiger partial charge on any atom is -0.496 e. The zero-order valence-corrected chi connectivity index (χ0v) is 12.4. The van der Waals surface area contributed by atoms with Crippen LogP contribution < -0.4 is 10.5 Å². The fourth-order valence-electron chi connectivity index (χ4n) is 2.29. The van der Waals surface area contributed by atoms with Crippen LogP contribution in [0.4, 0.5) is 0 Å². The second kappa shape index (κ2) is 7.32. The minimum absolute atomic E-state index is 0.0996. The zero-order chi connectivity index (χ0) is 14.4. The van der Waals surface area contributed by atoms with Gasteiger partial charge in [0.2, 0.25) is 0 Å². The van der Waals surface area contributed by atoms with Crippen molar-refractivity contribution in [2.75, 3.05) is 7.11 Å². The summed E-state index contributed by atoms with van der Waals surface area (Å²) >= 11 is 6.03. The summed E-state index contributed by atoms with van der Waals surface area (Å²) in [6.07, 6.45) is 2.71. The molecular formula is C17H20ClNO. The molecule has 2 aromatic rings. The summed E-state index contributed by atoms with van der Waals surface area (Å²) in [5, 5.41) is 0.719. The number of nitrogens with two attached hydrogens (primary N) is 1. The normalized spacial score (nSPS) is 12.2. The van der Waals surface area contributed by atoms with Gasteiger partial charge in [0.25, 0.3) is 0 Å². The summed E-state index contributed by atoms with van der Waals surface area (Å²) in [5.41, 5.74) is 8.62. The highest BCUT2D eigenvalue weighted by molar-refractivity contribution is 6.30. The fraction of sp³-hybridized carbons (Fsp3) is 0.294. The molecule has 0 aromatic heterocycles. The maximum Gasteiger partial charge on any atom is 0.122 e. The number of aryl methyl sites for hydroxylation is 1. The molecule has 3 heteroatoms. The smallest absolute Gasteiger partial charge is 0.122 e. The highest BCUT2D eigenvalue weighted by Crippen LogP contribution is 2.24. The first kappa shape index (κ1) is 14.9. The Balaban J connectivity index is 1.94. The molecule has 0 spiro atoms. The molecule has 0 aliphatic heterocycles. The van der Waals surface area contributed by atoms with Gasteiger partial charge >= 0.3 is 0 Å². The maximum absolute atomic E-state index is 6.23. The van der Waals surface area contributed by atoms with Crippen molar-refractivity contribution < 1.29 is 4.74 Å². The van der Waals surface area contributed by atoms with E-state index in [0.717, 1.165) is 35.6 Å². The molecule has 0 heterocycles. The second-order valence-electron chi connectivity index (χ2n) is 4.94. The second-order valence-corrected chi connectivity index (χ2v) is 5.38. The van der Waals surface area contributed by atoms with Crippen LogP contribution in [0.5, 0.6) is 5.75 Å². The molecule has 0 aliphatic carbocycles. The lowest BCUT2D eigenvalue weighted by molar-refractivity contribution is 0.407. The maximum atomic E-state index is 6.23. The van der Waals surface area contributed by atoms with Gasteiger partial charge in [-0.05, 0) is 48.6 Å². The van der Waals surface area contributed by atoms with E-state index in [-0.39, 0.29) is 6.04 Å². The Kier molecular flexibility index (Phi) is 5.45. The van der Waals surface area contributed by atoms with Gasteiger partial charge in [-0.1, -0.05) is 41.9 Å². The number of hydrogen-bond acceptors (Lipinski definition) is 2. The van der Waals surface area contributed by atoms with E-state index in [1.54, 1.807) is 7.11 Å². The molecule has 2 aromatic carbocycles. The lowest BCUT2D eigenvalue weighted by atomic mass is 9.99. The highest BCUT2D eigenvalue weighted by atomic mass is 35.5. The standard InChI is InChI=1S/C17H20ClNO/c1-20-17-10-8-15(18)11-14(17)12-16(19)9-7-13-5-3-2-4-6-13/h2-6,8,10-11,16H,7,9,12,19H2,1H3. The summed E-state index contributed by atoms with van der Waals surface area (Å²) < 4.78 is 5.35. The van der Waals surface area contributed by atoms with Crippen molar-refractivity contribution in [1.29, 1.82) is 0 Å². The lowest BCUT2D eigenvalue weighted by Crippen LogP contribution is -2.23. The Bertz CT molecular complexity index is 542. The molecule has 2 N–H and O–H groups in total. The first-order valence-electron chi connectivity index (χ1n) is 6.81. The quantitative estimate of drug-likeness (QED) is 0.876. The molecule has 0 radical (unpaired) electrons. The van der Waals surface area contributed by atoms with Crippen molar-refractivity contribution in [3.8, 4) is 5.75 Å². The summed E-state index contributed by atoms with van der Waals surface area (Å²) in [6.45, 7) is 0. The molecule has 2 rings (SSSR count). The topological polar surface area (TPSA) is 35.2 Å². The number of hydrogen-bond donors (Lipinski definition) is 1. The molecule has 0 bridgehead atoms. The monoisotopic (exact) mass is 289 g/mol. The Hall–Kier alpha value is -1.51. The van der Waals surface area contributed by atoms with E-state index in [1.807, 2.05) is 24.3 Å². The van der Waals surface area contributed by atoms with Gasteiger partial charge < -0.3 is 10.5 Å². The predicted molar refractivity (Wildman–Crippen MR) is 84.4 cm³/mol. The van der Waals surface area contributed by atoms with Crippen molar-refractivity contribution >= 4 is 11.6 Å². The van der Waals surface area contributed by atoms with Crippen molar-refractivity contribution in [2.45, 2.75) is 25.3 Å². The van der Waals surface area contributed by atoms with Crippen LogP contribution in [-0.4, -0.2) is 13.2 Å². The third kappa shape index (κ3) is 4.26. The van der Waals surface area contributed by atoms with Gasteiger partial charge in [-0.3, -0.25) is 0 Å². The highest BCUT2D eigenvalue weighted by Gasteiger charge is 2.10. The molecular weight excluding hydrogens is 270 g/mol. The van der Waals surface area contributed by atoms with Crippen LogP contribution >= 0.6 is 11.6 Å². The molecule has 0 aliphatic rings. The van der Waals surface area contributed by atoms with Crippen molar-refractivity contribution in [3.63, 3.8) is 0 Å². The lowest BCUT2D eigenvalue weighted by Gasteiger charge is -2.14. The molecule has 1 unspecified atom stereocenters. The zero-order valence-electron chi connectivity index (χ0n) is 11.7. The van der Waals surface area contributed by atoms with Crippen LogP contribution in [0.15, 0.2) is 48.5 Å². The van der Waals surface area contributed by atoms with Crippen molar-refractivity contribution in [1.82, 2.24) is 0 Å². The van der Waals surface area contributed by atoms with Gasteiger partial charge in [-0.25, -0.2) is 0 Å². The third-order valence-electron chi connectivity index (χ3n) is 3.37. The Morgan fingerprint density at radius 2 is 1.90 bits per heavy atom. The van der Waals surface area contributed by atoms with E-state index in [4.69, 9.17) is 22.1 Å². The van der Waals surface area contributed by atoms with Gasteiger partial charge in [0.15, 0.2) is 0 Å². The van der Waals surface area contributed by atoms with E-state index in [1.165, 1.54) is 5.56 Å². The average molecular weight is 290 g/mol. The van der Waals surface area contributed by atoms with Crippen LogP contribution in [0.2, 0.25) is 5.02 Å². The Labute approximate surface area is 125 Å². The SMILES string of the molecule is COc1ccc(Cl)cc1CC(N)CCc1ccccc1. The van der Waals surface area contributed by atoms with E-state index < -0.39 is 0 Å². The summed E-state index contributed by atoms with van der Waals surface area (Å²) in [7, 11) is 1.67. The van der Waals surface area contributed by atoms with E-state index >= 15 is 0 Å². The number of rotatable bonds is 6.